The van der Waals surface area contributed by atoms with Crippen LogP contribution < -0.4 is 0 Å². The standard InChI is InChI=1S/C7H16B2O2/c1-6(2,3)8-11-9-7(4,5)10/h10H,1-5H3. The maximum Gasteiger partial charge on any atom is 0.309 e. The Kier molecular flexibility index (Phi) is 3.65. The summed E-state index contributed by atoms with van der Waals surface area (Å²) in [5, 5.41) is 9.24. The predicted molar refractivity (Wildman–Crippen MR) is 48.6 cm³/mol. The predicted octanol–water partition coefficient (Wildman–Crippen LogP) is 1.19. The summed E-state index contributed by atoms with van der Waals surface area (Å²) in [7, 11) is 3.11. The van der Waals surface area contributed by atoms with Gasteiger partial charge in [0.25, 0.3) is 7.48 Å². The van der Waals surface area contributed by atoms with Gasteiger partial charge in [0.15, 0.2) is 0 Å². The number of hydrogen-bond donors (Lipinski definition) is 1. The average molecular weight is 154 g/mol. The number of rotatable bonds is 3. The number of hydrogen-bond acceptors (Lipinski definition) is 2. The first-order valence-corrected chi connectivity index (χ1v) is 3.77. The van der Waals surface area contributed by atoms with Gasteiger partial charge in [-0.1, -0.05) is 20.8 Å². The smallest absolute Gasteiger partial charge is 0.309 e. The highest BCUT2D eigenvalue weighted by Crippen LogP contribution is 2.20. The monoisotopic (exact) mass is 154 g/mol. The Balaban J connectivity index is 3.44. The molecule has 11 heavy (non-hydrogen) atoms. The fourth-order valence-corrected chi connectivity index (χ4v) is 0.405. The van der Waals surface area contributed by atoms with Crippen LogP contribution in [0.25, 0.3) is 0 Å². The lowest BCUT2D eigenvalue weighted by atomic mass is 9.65. The zero-order valence-corrected chi connectivity index (χ0v) is 8.01. The lowest BCUT2D eigenvalue weighted by molar-refractivity contribution is 0.154. The lowest BCUT2D eigenvalue weighted by Crippen LogP contribution is -2.32. The van der Waals surface area contributed by atoms with Crippen LogP contribution in [-0.4, -0.2) is 25.6 Å². The molecule has 0 saturated heterocycles. The highest BCUT2D eigenvalue weighted by molar-refractivity contribution is 6.46. The van der Waals surface area contributed by atoms with Gasteiger partial charge in [-0.3, -0.25) is 0 Å². The normalized spacial score (nSPS) is 12.9. The Hall–Kier alpha value is 0.0499. The minimum absolute atomic E-state index is 0.0295. The molecule has 1 N–H and O–H groups in total. The molecule has 2 radical (unpaired) electrons. The van der Waals surface area contributed by atoms with Crippen LogP contribution in [-0.2, 0) is 4.57 Å². The van der Waals surface area contributed by atoms with Crippen LogP contribution in [0.5, 0.6) is 0 Å². The molecule has 0 heterocycles. The summed E-state index contributed by atoms with van der Waals surface area (Å²) in [4.78, 5) is 0. The van der Waals surface area contributed by atoms with E-state index in [2.05, 4.69) is 0 Å². The second kappa shape index (κ2) is 3.63. The molecule has 0 atom stereocenters. The molecule has 0 aliphatic carbocycles. The van der Waals surface area contributed by atoms with E-state index in [1.807, 2.05) is 20.8 Å². The van der Waals surface area contributed by atoms with Crippen LogP contribution in [0.2, 0.25) is 5.31 Å². The van der Waals surface area contributed by atoms with Crippen molar-refractivity contribution in [1.29, 1.82) is 0 Å². The summed E-state index contributed by atoms with van der Waals surface area (Å²) in [5.74, 6) is 0. The molecule has 0 aliphatic rings. The summed E-state index contributed by atoms with van der Waals surface area (Å²) < 4.78 is 5.06. The fourth-order valence-electron chi connectivity index (χ4n) is 0.405. The summed E-state index contributed by atoms with van der Waals surface area (Å²) in [5.41, 5.74) is -0.859. The van der Waals surface area contributed by atoms with Gasteiger partial charge >= 0.3 is 7.48 Å². The molecule has 0 bridgehead atoms. The molecule has 0 saturated carbocycles. The van der Waals surface area contributed by atoms with Crippen LogP contribution in [0.3, 0.4) is 0 Å². The van der Waals surface area contributed by atoms with Gasteiger partial charge in [0.2, 0.25) is 0 Å². The summed E-state index contributed by atoms with van der Waals surface area (Å²) in [6.45, 7) is 9.44. The number of aliphatic hydroxyl groups is 1. The average Bonchev–Trinajstić information content (AvgIpc) is 1.55. The van der Waals surface area contributed by atoms with E-state index in [1.165, 1.54) is 7.48 Å². The summed E-state index contributed by atoms with van der Waals surface area (Å²) in [6, 6.07) is 0. The maximum atomic E-state index is 9.21. The molecule has 0 unspecified atom stereocenters. The zero-order chi connectivity index (χ0) is 9.12. The lowest BCUT2D eigenvalue weighted by Gasteiger charge is -2.20. The molecule has 2 nitrogen and oxygen atoms in total. The quantitative estimate of drug-likeness (QED) is 0.618. The van der Waals surface area contributed by atoms with E-state index in [4.69, 9.17) is 4.57 Å². The largest absolute Gasteiger partial charge is 0.504 e. The van der Waals surface area contributed by atoms with Gasteiger partial charge in [0.1, 0.15) is 0 Å². The zero-order valence-electron chi connectivity index (χ0n) is 8.01. The Morgan fingerprint density at radius 3 is 1.73 bits per heavy atom. The fraction of sp³-hybridized carbons (Fsp3) is 1.00. The van der Waals surface area contributed by atoms with E-state index in [1.54, 1.807) is 21.3 Å². The molecule has 0 spiro atoms. The molecule has 0 aromatic rings. The Morgan fingerprint density at radius 2 is 1.45 bits per heavy atom. The van der Waals surface area contributed by atoms with Crippen molar-refractivity contribution in [2.45, 2.75) is 45.4 Å². The van der Waals surface area contributed by atoms with Crippen LogP contribution in [0.4, 0.5) is 0 Å². The van der Waals surface area contributed by atoms with Crippen molar-refractivity contribution in [3.8, 4) is 0 Å². The van der Waals surface area contributed by atoms with Crippen molar-refractivity contribution < 1.29 is 9.68 Å². The van der Waals surface area contributed by atoms with Gasteiger partial charge in [-0.15, -0.1) is 0 Å². The second-order valence-corrected chi connectivity index (χ2v) is 4.39. The van der Waals surface area contributed by atoms with Gasteiger partial charge < -0.3 is 9.68 Å². The minimum Gasteiger partial charge on any atom is -0.504 e. The first-order chi connectivity index (χ1) is 4.71. The van der Waals surface area contributed by atoms with Gasteiger partial charge in [-0.25, -0.2) is 0 Å². The minimum atomic E-state index is -0.859. The van der Waals surface area contributed by atoms with Gasteiger partial charge in [0, 0.05) is 0 Å². The van der Waals surface area contributed by atoms with Crippen molar-refractivity contribution in [3.63, 3.8) is 0 Å². The first kappa shape index (κ1) is 11.0. The molecule has 0 amide bonds. The molecule has 62 valence electrons. The van der Waals surface area contributed by atoms with E-state index in [0.29, 0.717) is 0 Å². The molecule has 0 aromatic heterocycles. The van der Waals surface area contributed by atoms with Crippen LogP contribution in [0.15, 0.2) is 0 Å². The van der Waals surface area contributed by atoms with Gasteiger partial charge in [-0.05, 0) is 19.2 Å². The van der Waals surface area contributed by atoms with E-state index < -0.39 is 5.50 Å². The third-order valence-electron chi connectivity index (χ3n) is 0.778. The van der Waals surface area contributed by atoms with Crippen LogP contribution in [0.1, 0.15) is 34.6 Å². The van der Waals surface area contributed by atoms with E-state index in [9.17, 15) is 5.11 Å². The Morgan fingerprint density at radius 1 is 1.00 bits per heavy atom. The Labute approximate surface area is 70.9 Å². The SMILES string of the molecule is CC(C)(C)[B]O[B]C(C)(C)O. The molecule has 0 aliphatic heterocycles. The third-order valence-corrected chi connectivity index (χ3v) is 0.778. The van der Waals surface area contributed by atoms with E-state index in [-0.39, 0.29) is 5.31 Å². The van der Waals surface area contributed by atoms with Crippen molar-refractivity contribution >= 4 is 15.0 Å². The van der Waals surface area contributed by atoms with E-state index >= 15 is 0 Å². The second-order valence-electron chi connectivity index (χ2n) is 4.39. The summed E-state index contributed by atoms with van der Waals surface area (Å²) >= 11 is 0. The topological polar surface area (TPSA) is 29.5 Å². The first-order valence-electron chi connectivity index (χ1n) is 3.77. The van der Waals surface area contributed by atoms with Crippen molar-refractivity contribution in [3.05, 3.63) is 0 Å². The molecule has 4 heteroatoms. The van der Waals surface area contributed by atoms with Gasteiger partial charge in [0.05, 0.1) is 5.50 Å². The molecule has 0 fully saturated rings. The third kappa shape index (κ3) is 10.0. The maximum absolute atomic E-state index is 9.21. The highest BCUT2D eigenvalue weighted by atomic mass is 16.4. The molecule has 0 rings (SSSR count). The van der Waals surface area contributed by atoms with E-state index in [0.717, 1.165) is 0 Å². The van der Waals surface area contributed by atoms with Crippen molar-refractivity contribution in [2.24, 2.45) is 0 Å². The molecular weight excluding hydrogens is 138 g/mol. The summed E-state index contributed by atoms with van der Waals surface area (Å²) in [6.07, 6.45) is 0. The van der Waals surface area contributed by atoms with Crippen molar-refractivity contribution in [2.75, 3.05) is 0 Å². The highest BCUT2D eigenvalue weighted by Gasteiger charge is 2.20. The Bertz CT molecular complexity index is 98.6. The van der Waals surface area contributed by atoms with Crippen molar-refractivity contribution in [1.82, 2.24) is 0 Å². The van der Waals surface area contributed by atoms with Crippen LogP contribution in [0, 0.1) is 0 Å². The molecule has 0 aromatic carbocycles. The van der Waals surface area contributed by atoms with Crippen LogP contribution >= 0.6 is 0 Å². The van der Waals surface area contributed by atoms with Gasteiger partial charge in [-0.2, -0.15) is 0 Å². The molecular formula is C7H16B2O2.